The van der Waals surface area contributed by atoms with Crippen LogP contribution in [0.1, 0.15) is 22.8 Å². The lowest BCUT2D eigenvalue weighted by atomic mass is 10.0. The molecule has 45 heavy (non-hydrogen) atoms. The third-order valence-electron chi connectivity index (χ3n) is 6.87. The lowest BCUT2D eigenvalue weighted by Crippen LogP contribution is -2.30. The van der Waals surface area contributed by atoms with Gasteiger partial charge >= 0.3 is 0 Å². The first-order chi connectivity index (χ1) is 21.8. The zero-order valence-corrected chi connectivity index (χ0v) is 26.1. The van der Waals surface area contributed by atoms with Crippen molar-refractivity contribution >= 4 is 69.3 Å². The fourth-order valence-corrected chi connectivity index (χ4v) is 5.66. The van der Waals surface area contributed by atoms with Crippen LogP contribution in [0.2, 0.25) is 5.02 Å². The minimum atomic E-state index is -0.474. The number of carbonyl (C=O) groups excluding carboxylic acids is 3. The van der Waals surface area contributed by atoms with Gasteiger partial charge in [0.1, 0.15) is 11.4 Å². The summed E-state index contributed by atoms with van der Waals surface area (Å²) in [5.74, 6) is -0.526. The van der Waals surface area contributed by atoms with Crippen molar-refractivity contribution in [1.82, 2.24) is 5.32 Å². The van der Waals surface area contributed by atoms with E-state index in [4.69, 9.17) is 16.3 Å². The standard InChI is InChI=1S/C36H30ClN3O4S/c1-23(34(41)39-28-17-20-33(44-2)31(37)22-28)45-29-18-15-27(16-19-29)38-36(43)32(40-35(42)25-10-4-3-5-11-25)21-26-13-8-12-24-9-6-7-14-30(24)26/h3-23H,1-2H3,(H,38,43)(H,39,41)(H,40,42)/b32-21-. The second kappa shape index (κ2) is 14.6. The molecule has 0 aliphatic rings. The molecule has 0 bridgehead atoms. The summed E-state index contributed by atoms with van der Waals surface area (Å²) in [6.45, 7) is 1.81. The van der Waals surface area contributed by atoms with E-state index in [2.05, 4.69) is 16.0 Å². The zero-order valence-electron chi connectivity index (χ0n) is 24.5. The number of amides is 3. The number of fused-ring (bicyclic) bond motifs is 1. The summed E-state index contributed by atoms with van der Waals surface area (Å²) in [5, 5.41) is 10.5. The molecule has 9 heteroatoms. The Kier molecular flexibility index (Phi) is 10.2. The molecule has 0 radical (unpaired) electrons. The molecule has 5 aromatic carbocycles. The molecule has 5 aromatic rings. The van der Waals surface area contributed by atoms with Crippen LogP contribution >= 0.6 is 23.4 Å². The maximum Gasteiger partial charge on any atom is 0.272 e. The van der Waals surface area contributed by atoms with Crippen molar-refractivity contribution in [2.24, 2.45) is 0 Å². The Labute approximate surface area is 270 Å². The fraction of sp³-hybridized carbons (Fsp3) is 0.0833. The Morgan fingerprint density at radius 1 is 0.800 bits per heavy atom. The van der Waals surface area contributed by atoms with Gasteiger partial charge in [0, 0.05) is 21.8 Å². The maximum atomic E-state index is 13.5. The molecule has 0 saturated heterocycles. The maximum absolute atomic E-state index is 13.5. The van der Waals surface area contributed by atoms with Crippen LogP contribution in [-0.2, 0) is 9.59 Å². The summed E-state index contributed by atoms with van der Waals surface area (Å²) in [4.78, 5) is 40.2. The molecule has 0 heterocycles. The molecule has 0 fully saturated rings. The van der Waals surface area contributed by atoms with Crippen LogP contribution in [0.5, 0.6) is 5.75 Å². The van der Waals surface area contributed by atoms with E-state index in [9.17, 15) is 14.4 Å². The smallest absolute Gasteiger partial charge is 0.272 e. The number of hydrogen-bond acceptors (Lipinski definition) is 5. The van der Waals surface area contributed by atoms with E-state index >= 15 is 0 Å². The summed E-state index contributed by atoms with van der Waals surface area (Å²) in [6, 6.07) is 34.6. The minimum absolute atomic E-state index is 0.0996. The van der Waals surface area contributed by atoms with Gasteiger partial charge in [-0.1, -0.05) is 72.3 Å². The van der Waals surface area contributed by atoms with Gasteiger partial charge in [-0.05, 0) is 83.9 Å². The third-order valence-corrected chi connectivity index (χ3v) is 8.27. The summed E-state index contributed by atoms with van der Waals surface area (Å²) in [5.41, 5.74) is 2.43. The summed E-state index contributed by atoms with van der Waals surface area (Å²) in [7, 11) is 1.53. The summed E-state index contributed by atoms with van der Waals surface area (Å²) in [6.07, 6.45) is 1.68. The highest BCUT2D eigenvalue weighted by Gasteiger charge is 2.18. The molecule has 0 aliphatic carbocycles. The normalized spacial score (nSPS) is 11.8. The summed E-state index contributed by atoms with van der Waals surface area (Å²) < 4.78 is 5.16. The molecule has 0 saturated carbocycles. The highest BCUT2D eigenvalue weighted by Crippen LogP contribution is 2.29. The van der Waals surface area contributed by atoms with Crippen molar-refractivity contribution in [2.75, 3.05) is 17.7 Å². The van der Waals surface area contributed by atoms with Crippen LogP contribution in [-0.4, -0.2) is 30.1 Å². The van der Waals surface area contributed by atoms with Crippen LogP contribution in [0.15, 0.2) is 126 Å². The van der Waals surface area contributed by atoms with Crippen molar-refractivity contribution < 1.29 is 19.1 Å². The van der Waals surface area contributed by atoms with E-state index in [-0.39, 0.29) is 11.6 Å². The largest absolute Gasteiger partial charge is 0.495 e. The Morgan fingerprint density at radius 3 is 2.22 bits per heavy atom. The quantitative estimate of drug-likeness (QED) is 0.107. The number of ether oxygens (including phenoxy) is 1. The Morgan fingerprint density at radius 2 is 1.49 bits per heavy atom. The van der Waals surface area contributed by atoms with Gasteiger partial charge in [-0.2, -0.15) is 0 Å². The highest BCUT2D eigenvalue weighted by molar-refractivity contribution is 8.00. The Balaban J connectivity index is 1.29. The van der Waals surface area contributed by atoms with Gasteiger partial charge in [-0.3, -0.25) is 14.4 Å². The lowest BCUT2D eigenvalue weighted by Gasteiger charge is -2.14. The predicted molar refractivity (Wildman–Crippen MR) is 183 cm³/mol. The van der Waals surface area contributed by atoms with Gasteiger partial charge in [0.2, 0.25) is 5.91 Å². The molecular formula is C36H30ClN3O4S. The van der Waals surface area contributed by atoms with Crippen molar-refractivity contribution in [3.63, 3.8) is 0 Å². The fourth-order valence-electron chi connectivity index (χ4n) is 4.54. The summed E-state index contributed by atoms with van der Waals surface area (Å²) >= 11 is 7.55. The first kappa shape index (κ1) is 31.4. The van der Waals surface area contributed by atoms with Gasteiger partial charge in [0.05, 0.1) is 17.4 Å². The van der Waals surface area contributed by atoms with E-state index in [1.54, 1.807) is 67.6 Å². The lowest BCUT2D eigenvalue weighted by molar-refractivity contribution is -0.115. The molecule has 226 valence electrons. The van der Waals surface area contributed by atoms with Crippen molar-refractivity contribution in [3.05, 3.63) is 137 Å². The number of anilines is 2. The van der Waals surface area contributed by atoms with Gasteiger partial charge < -0.3 is 20.7 Å². The SMILES string of the molecule is COc1ccc(NC(=O)C(C)Sc2ccc(NC(=O)/C(=C/c3cccc4ccccc34)NC(=O)c3ccccc3)cc2)cc1Cl. The van der Waals surface area contributed by atoms with Gasteiger partial charge in [-0.15, -0.1) is 11.8 Å². The molecule has 1 atom stereocenters. The van der Waals surface area contributed by atoms with Crippen molar-refractivity contribution in [1.29, 1.82) is 0 Å². The molecule has 0 aromatic heterocycles. The topological polar surface area (TPSA) is 96.5 Å². The average molecular weight is 636 g/mol. The van der Waals surface area contributed by atoms with Crippen molar-refractivity contribution in [2.45, 2.75) is 17.1 Å². The number of carbonyl (C=O) groups is 3. The van der Waals surface area contributed by atoms with Crippen LogP contribution in [0.3, 0.4) is 0 Å². The molecule has 3 N–H and O–H groups in total. The Bertz CT molecular complexity index is 1870. The Hall–Kier alpha value is -5.05. The number of hydrogen-bond donors (Lipinski definition) is 3. The minimum Gasteiger partial charge on any atom is -0.495 e. The number of methoxy groups -OCH3 is 1. The second-order valence-corrected chi connectivity index (χ2v) is 11.8. The van der Waals surface area contributed by atoms with E-state index in [0.717, 1.165) is 21.2 Å². The van der Waals surface area contributed by atoms with Crippen LogP contribution in [0, 0.1) is 0 Å². The highest BCUT2D eigenvalue weighted by atomic mass is 35.5. The third kappa shape index (κ3) is 8.12. The van der Waals surface area contributed by atoms with Gasteiger partial charge in [-0.25, -0.2) is 0 Å². The van der Waals surface area contributed by atoms with E-state index < -0.39 is 17.1 Å². The number of benzene rings is 5. The van der Waals surface area contributed by atoms with Gasteiger partial charge in [0.25, 0.3) is 11.8 Å². The number of halogens is 1. The molecule has 0 spiro atoms. The number of nitrogens with one attached hydrogen (secondary N) is 3. The van der Waals surface area contributed by atoms with E-state index in [1.807, 2.05) is 60.7 Å². The second-order valence-electron chi connectivity index (χ2n) is 10.0. The number of thioether (sulfide) groups is 1. The van der Waals surface area contributed by atoms with Crippen LogP contribution < -0.4 is 20.7 Å². The predicted octanol–water partition coefficient (Wildman–Crippen LogP) is 8.03. The van der Waals surface area contributed by atoms with Crippen molar-refractivity contribution in [3.8, 4) is 5.75 Å². The molecule has 1 unspecified atom stereocenters. The zero-order chi connectivity index (χ0) is 31.8. The number of rotatable bonds is 10. The van der Waals surface area contributed by atoms with E-state index in [1.165, 1.54) is 18.9 Å². The van der Waals surface area contributed by atoms with E-state index in [0.29, 0.717) is 27.7 Å². The van der Waals surface area contributed by atoms with Crippen LogP contribution in [0.4, 0.5) is 11.4 Å². The first-order valence-corrected chi connectivity index (χ1v) is 15.3. The molecular weight excluding hydrogens is 606 g/mol. The van der Waals surface area contributed by atoms with Gasteiger partial charge in [0.15, 0.2) is 0 Å². The molecule has 3 amide bonds. The molecule has 5 rings (SSSR count). The molecule has 0 aliphatic heterocycles. The van der Waals surface area contributed by atoms with Crippen LogP contribution in [0.25, 0.3) is 16.8 Å². The average Bonchev–Trinajstić information content (AvgIpc) is 3.06. The molecule has 7 nitrogen and oxygen atoms in total. The first-order valence-electron chi connectivity index (χ1n) is 14.1. The monoisotopic (exact) mass is 635 g/mol.